The van der Waals surface area contributed by atoms with Crippen molar-refractivity contribution in [2.24, 2.45) is 0 Å². The summed E-state index contributed by atoms with van der Waals surface area (Å²) in [4.78, 5) is 13.3. The first-order valence-corrected chi connectivity index (χ1v) is 6.55. The molecule has 2 rings (SSSR count). The van der Waals surface area contributed by atoms with Gasteiger partial charge in [-0.05, 0) is 31.4 Å². The summed E-state index contributed by atoms with van der Waals surface area (Å²) in [5.41, 5.74) is 0.802. The molecule has 0 saturated carbocycles. The van der Waals surface area contributed by atoms with E-state index in [2.05, 4.69) is 5.32 Å². The van der Waals surface area contributed by atoms with Crippen LogP contribution in [0.4, 0.5) is 5.69 Å². The van der Waals surface area contributed by atoms with Gasteiger partial charge in [0.1, 0.15) is 5.75 Å². The van der Waals surface area contributed by atoms with Crippen molar-refractivity contribution >= 4 is 11.6 Å². The second kappa shape index (κ2) is 6.40. The number of benzene rings is 1. The van der Waals surface area contributed by atoms with Crippen molar-refractivity contribution in [3.8, 4) is 5.75 Å². The molecule has 1 aliphatic heterocycles. The van der Waals surface area contributed by atoms with Crippen molar-refractivity contribution in [1.29, 1.82) is 0 Å². The smallest absolute Gasteiger partial charge is 0.279 e. The molecule has 1 fully saturated rings. The van der Waals surface area contributed by atoms with Crippen LogP contribution >= 0.6 is 0 Å². The summed E-state index contributed by atoms with van der Waals surface area (Å²) in [6.07, 6.45) is 3.78. The number of methoxy groups -OCH3 is 1. The summed E-state index contributed by atoms with van der Waals surface area (Å²) in [6.45, 7) is 2.80. The minimum absolute atomic E-state index is 0.0835. The van der Waals surface area contributed by atoms with Gasteiger partial charge < -0.3 is 15.0 Å². The zero-order valence-corrected chi connectivity index (χ0v) is 10.9. The maximum absolute atomic E-state index is 11.9. The molecule has 0 aromatic heterocycles. The molecule has 1 aliphatic rings. The van der Waals surface area contributed by atoms with Crippen molar-refractivity contribution in [3.05, 3.63) is 24.3 Å². The van der Waals surface area contributed by atoms with Crippen LogP contribution in [0, 0.1) is 0 Å². The molecule has 98 valence electrons. The van der Waals surface area contributed by atoms with Crippen LogP contribution in [0.15, 0.2) is 24.3 Å². The Kier molecular flexibility index (Phi) is 4.59. The standard InChI is InChI=1S/C14H20N2O2/c1-18-13-7-5-6-12(10-13)15-14(17)11-16-8-3-2-4-9-16/h5-7,10H,2-4,8-9,11H2,1H3,(H,15,17)/p+1. The minimum atomic E-state index is 0.0835. The third kappa shape index (κ3) is 3.74. The topological polar surface area (TPSA) is 42.8 Å². The van der Waals surface area contributed by atoms with Gasteiger partial charge in [0.25, 0.3) is 5.91 Å². The maximum Gasteiger partial charge on any atom is 0.279 e. The van der Waals surface area contributed by atoms with E-state index >= 15 is 0 Å². The van der Waals surface area contributed by atoms with E-state index in [0.29, 0.717) is 6.54 Å². The van der Waals surface area contributed by atoms with Gasteiger partial charge >= 0.3 is 0 Å². The Morgan fingerprint density at radius 2 is 2.11 bits per heavy atom. The van der Waals surface area contributed by atoms with Gasteiger partial charge in [-0.2, -0.15) is 0 Å². The predicted molar refractivity (Wildman–Crippen MR) is 71.0 cm³/mol. The van der Waals surface area contributed by atoms with Crippen molar-refractivity contribution in [2.45, 2.75) is 19.3 Å². The van der Waals surface area contributed by atoms with E-state index in [-0.39, 0.29) is 5.91 Å². The van der Waals surface area contributed by atoms with Crippen LogP contribution in [0.3, 0.4) is 0 Å². The molecule has 4 nitrogen and oxygen atoms in total. The summed E-state index contributed by atoms with van der Waals surface area (Å²) in [7, 11) is 1.62. The molecule has 18 heavy (non-hydrogen) atoms. The summed E-state index contributed by atoms with van der Waals surface area (Å²) < 4.78 is 5.13. The summed E-state index contributed by atoms with van der Waals surface area (Å²) in [5, 5.41) is 2.92. The number of nitrogens with one attached hydrogen (secondary N) is 2. The predicted octanol–water partition coefficient (Wildman–Crippen LogP) is 0.702. The monoisotopic (exact) mass is 249 g/mol. The molecule has 1 saturated heterocycles. The lowest BCUT2D eigenvalue weighted by Gasteiger charge is -2.22. The number of carbonyl (C=O) groups is 1. The highest BCUT2D eigenvalue weighted by atomic mass is 16.5. The fourth-order valence-electron chi connectivity index (χ4n) is 2.36. The van der Waals surface area contributed by atoms with E-state index in [0.717, 1.165) is 24.5 Å². The fourth-order valence-corrected chi connectivity index (χ4v) is 2.36. The van der Waals surface area contributed by atoms with E-state index in [4.69, 9.17) is 4.74 Å². The minimum Gasteiger partial charge on any atom is -0.497 e. The molecular formula is C14H21N2O2+. The first-order valence-electron chi connectivity index (χ1n) is 6.55. The van der Waals surface area contributed by atoms with E-state index in [9.17, 15) is 4.79 Å². The molecule has 0 unspecified atom stereocenters. The number of hydrogen-bond donors (Lipinski definition) is 2. The molecule has 1 aromatic rings. The average molecular weight is 249 g/mol. The third-order valence-corrected chi connectivity index (χ3v) is 3.32. The molecule has 1 amide bonds. The summed E-state index contributed by atoms with van der Waals surface area (Å²) in [5.74, 6) is 0.846. The van der Waals surface area contributed by atoms with Crippen LogP contribution in [0.2, 0.25) is 0 Å². The van der Waals surface area contributed by atoms with Crippen molar-refractivity contribution in [3.63, 3.8) is 0 Å². The number of quaternary nitrogens is 1. The molecule has 1 heterocycles. The van der Waals surface area contributed by atoms with Gasteiger partial charge in [-0.1, -0.05) is 6.07 Å². The van der Waals surface area contributed by atoms with Crippen molar-refractivity contribution in [2.75, 3.05) is 32.1 Å². The molecule has 0 bridgehead atoms. The number of hydrogen-bond acceptors (Lipinski definition) is 2. The number of rotatable bonds is 4. The number of likely N-dealkylation sites (tertiary alicyclic amines) is 1. The Hall–Kier alpha value is -1.55. The van der Waals surface area contributed by atoms with Gasteiger partial charge in [0.05, 0.1) is 20.2 Å². The van der Waals surface area contributed by atoms with E-state index in [1.165, 1.54) is 24.2 Å². The number of ether oxygens (including phenoxy) is 1. The third-order valence-electron chi connectivity index (χ3n) is 3.32. The summed E-state index contributed by atoms with van der Waals surface area (Å²) in [6, 6.07) is 7.46. The van der Waals surface area contributed by atoms with Gasteiger partial charge in [0, 0.05) is 11.8 Å². The highest BCUT2D eigenvalue weighted by Gasteiger charge is 2.17. The lowest BCUT2D eigenvalue weighted by Crippen LogP contribution is -3.13. The van der Waals surface area contributed by atoms with Crippen molar-refractivity contribution in [1.82, 2.24) is 0 Å². The molecule has 0 spiro atoms. The highest BCUT2D eigenvalue weighted by molar-refractivity contribution is 5.91. The molecule has 1 aromatic carbocycles. The van der Waals surface area contributed by atoms with Crippen LogP contribution in [0.1, 0.15) is 19.3 Å². The van der Waals surface area contributed by atoms with Gasteiger partial charge in [-0.3, -0.25) is 4.79 Å². The Morgan fingerprint density at radius 1 is 1.33 bits per heavy atom. The van der Waals surface area contributed by atoms with E-state index in [1.807, 2.05) is 24.3 Å². The molecule has 0 aliphatic carbocycles. The van der Waals surface area contributed by atoms with Gasteiger partial charge in [-0.25, -0.2) is 0 Å². The fraction of sp³-hybridized carbons (Fsp3) is 0.500. The van der Waals surface area contributed by atoms with E-state index in [1.54, 1.807) is 7.11 Å². The van der Waals surface area contributed by atoms with Crippen molar-refractivity contribution < 1.29 is 14.4 Å². The molecular weight excluding hydrogens is 228 g/mol. The summed E-state index contributed by atoms with van der Waals surface area (Å²) >= 11 is 0. The SMILES string of the molecule is COc1cccc(NC(=O)C[NH+]2CCCCC2)c1. The maximum atomic E-state index is 11.9. The van der Waals surface area contributed by atoms with Crippen LogP contribution in [-0.4, -0.2) is 32.7 Å². The Bertz CT molecular complexity index is 401. The number of piperidine rings is 1. The number of amides is 1. The lowest BCUT2D eigenvalue weighted by atomic mass is 10.1. The first kappa shape index (κ1) is 12.9. The largest absolute Gasteiger partial charge is 0.497 e. The lowest BCUT2D eigenvalue weighted by molar-refractivity contribution is -0.896. The molecule has 0 atom stereocenters. The molecule has 0 radical (unpaired) electrons. The van der Waals surface area contributed by atoms with E-state index < -0.39 is 0 Å². The first-order chi connectivity index (χ1) is 8.78. The van der Waals surface area contributed by atoms with Crippen LogP contribution < -0.4 is 15.0 Å². The highest BCUT2D eigenvalue weighted by Crippen LogP contribution is 2.16. The number of carbonyl (C=O) groups excluding carboxylic acids is 1. The average Bonchev–Trinajstić information content (AvgIpc) is 2.40. The van der Waals surface area contributed by atoms with Gasteiger partial charge in [0.15, 0.2) is 6.54 Å². The quantitative estimate of drug-likeness (QED) is 0.825. The van der Waals surface area contributed by atoms with Crippen LogP contribution in [-0.2, 0) is 4.79 Å². The Morgan fingerprint density at radius 3 is 2.83 bits per heavy atom. The zero-order valence-electron chi connectivity index (χ0n) is 10.9. The van der Waals surface area contributed by atoms with Gasteiger partial charge in [0.2, 0.25) is 0 Å². The normalized spacial score (nSPS) is 16.3. The molecule has 2 N–H and O–H groups in total. The Labute approximate surface area is 108 Å². The molecule has 4 heteroatoms. The van der Waals surface area contributed by atoms with Crippen LogP contribution in [0.25, 0.3) is 0 Å². The second-order valence-corrected chi connectivity index (χ2v) is 4.77. The van der Waals surface area contributed by atoms with Gasteiger partial charge in [-0.15, -0.1) is 0 Å². The Balaban J connectivity index is 1.85. The number of anilines is 1. The second-order valence-electron chi connectivity index (χ2n) is 4.77. The van der Waals surface area contributed by atoms with Crippen LogP contribution in [0.5, 0.6) is 5.75 Å². The zero-order chi connectivity index (χ0) is 12.8.